The van der Waals surface area contributed by atoms with Crippen molar-refractivity contribution in [2.75, 3.05) is 0 Å². The van der Waals surface area contributed by atoms with Crippen LogP contribution in [0.25, 0.3) is 0 Å². The maximum Gasteiger partial charge on any atom is 0.238 e. The van der Waals surface area contributed by atoms with Crippen LogP contribution >= 0.6 is 0 Å². The van der Waals surface area contributed by atoms with E-state index in [2.05, 4.69) is 0 Å². The minimum absolute atomic E-state index is 0.0706. The standard InChI is InChI=1S/C6H12N2O/c1-5(2)3-6(5,8)4(7)9/h3,8H2,1-2H3,(H2,7,9)/t6-/m0/s1. The molecular formula is C6H12N2O. The molecule has 0 saturated heterocycles. The first-order valence-electron chi connectivity index (χ1n) is 2.99. The topological polar surface area (TPSA) is 69.1 Å². The Labute approximate surface area is 54.4 Å². The van der Waals surface area contributed by atoms with Crippen molar-refractivity contribution in [3.8, 4) is 0 Å². The van der Waals surface area contributed by atoms with Crippen molar-refractivity contribution in [2.24, 2.45) is 16.9 Å². The van der Waals surface area contributed by atoms with Crippen molar-refractivity contribution in [3.05, 3.63) is 0 Å². The summed E-state index contributed by atoms with van der Waals surface area (Å²) in [5.74, 6) is -0.382. The first-order chi connectivity index (χ1) is 3.90. The summed E-state index contributed by atoms with van der Waals surface area (Å²) in [5.41, 5.74) is 9.85. The lowest BCUT2D eigenvalue weighted by Crippen LogP contribution is -2.42. The largest absolute Gasteiger partial charge is 0.368 e. The highest BCUT2D eigenvalue weighted by atomic mass is 16.1. The molecule has 0 aromatic carbocycles. The van der Waals surface area contributed by atoms with Gasteiger partial charge in [-0.05, 0) is 11.8 Å². The smallest absolute Gasteiger partial charge is 0.238 e. The predicted molar refractivity (Wildman–Crippen MR) is 34.5 cm³/mol. The first kappa shape index (κ1) is 6.55. The Kier molecular flexibility index (Phi) is 0.939. The van der Waals surface area contributed by atoms with E-state index in [-0.39, 0.29) is 11.3 Å². The fraction of sp³-hybridized carbons (Fsp3) is 0.833. The summed E-state index contributed by atoms with van der Waals surface area (Å²) >= 11 is 0. The Morgan fingerprint density at radius 2 is 1.89 bits per heavy atom. The van der Waals surface area contributed by atoms with E-state index in [0.29, 0.717) is 0 Å². The summed E-state index contributed by atoms with van der Waals surface area (Å²) in [6.07, 6.45) is 0.718. The zero-order chi connectivity index (χ0) is 7.28. The van der Waals surface area contributed by atoms with Crippen molar-refractivity contribution in [1.29, 1.82) is 0 Å². The maximum absolute atomic E-state index is 10.6. The van der Waals surface area contributed by atoms with Gasteiger partial charge in [-0.15, -0.1) is 0 Å². The average Bonchev–Trinajstić information content (AvgIpc) is 2.08. The van der Waals surface area contributed by atoms with Gasteiger partial charge in [-0.25, -0.2) is 0 Å². The van der Waals surface area contributed by atoms with Gasteiger partial charge in [0.1, 0.15) is 5.54 Å². The summed E-state index contributed by atoms with van der Waals surface area (Å²) in [4.78, 5) is 10.6. The highest BCUT2D eigenvalue weighted by Crippen LogP contribution is 2.53. The lowest BCUT2D eigenvalue weighted by atomic mass is 10.1. The van der Waals surface area contributed by atoms with Gasteiger partial charge < -0.3 is 11.5 Å². The van der Waals surface area contributed by atoms with E-state index in [9.17, 15) is 4.79 Å². The van der Waals surface area contributed by atoms with Gasteiger partial charge in [-0.3, -0.25) is 4.79 Å². The highest BCUT2D eigenvalue weighted by Gasteiger charge is 2.62. The number of amides is 1. The number of primary amides is 1. The second kappa shape index (κ2) is 1.29. The lowest BCUT2D eigenvalue weighted by molar-refractivity contribution is -0.120. The van der Waals surface area contributed by atoms with Crippen molar-refractivity contribution in [1.82, 2.24) is 0 Å². The predicted octanol–water partition coefficient (Wildman–Crippen LogP) is -0.401. The number of hydrogen-bond donors (Lipinski definition) is 2. The van der Waals surface area contributed by atoms with Gasteiger partial charge in [0.15, 0.2) is 0 Å². The molecule has 1 fully saturated rings. The van der Waals surface area contributed by atoms with E-state index in [1.54, 1.807) is 0 Å². The monoisotopic (exact) mass is 128 g/mol. The third-order valence-electron chi connectivity index (χ3n) is 2.24. The number of rotatable bonds is 1. The molecule has 0 bridgehead atoms. The Morgan fingerprint density at radius 1 is 1.56 bits per heavy atom. The number of nitrogens with two attached hydrogens (primary N) is 2. The molecule has 3 heteroatoms. The minimum atomic E-state index is -0.715. The molecule has 0 heterocycles. The maximum atomic E-state index is 10.6. The van der Waals surface area contributed by atoms with Crippen LogP contribution in [0, 0.1) is 5.41 Å². The molecule has 1 atom stereocenters. The number of hydrogen-bond acceptors (Lipinski definition) is 2. The Hall–Kier alpha value is -0.570. The van der Waals surface area contributed by atoms with Gasteiger partial charge in [0.2, 0.25) is 5.91 Å². The van der Waals surface area contributed by atoms with Crippen LogP contribution < -0.4 is 11.5 Å². The normalized spacial score (nSPS) is 38.1. The van der Waals surface area contributed by atoms with Gasteiger partial charge in [0.05, 0.1) is 0 Å². The van der Waals surface area contributed by atoms with Crippen molar-refractivity contribution in [3.63, 3.8) is 0 Å². The molecule has 1 rings (SSSR count). The van der Waals surface area contributed by atoms with E-state index < -0.39 is 5.54 Å². The third-order valence-corrected chi connectivity index (χ3v) is 2.24. The quantitative estimate of drug-likeness (QED) is 0.504. The van der Waals surface area contributed by atoms with E-state index in [1.165, 1.54) is 0 Å². The molecule has 4 N–H and O–H groups in total. The molecule has 3 nitrogen and oxygen atoms in total. The second-order valence-electron chi connectivity index (χ2n) is 3.40. The fourth-order valence-corrected chi connectivity index (χ4v) is 1.07. The Balaban J connectivity index is 2.74. The van der Waals surface area contributed by atoms with E-state index >= 15 is 0 Å². The molecule has 1 amide bonds. The van der Waals surface area contributed by atoms with Crippen LogP contribution in [0.3, 0.4) is 0 Å². The Bertz CT molecular complexity index is 164. The van der Waals surface area contributed by atoms with Crippen LogP contribution in [0.5, 0.6) is 0 Å². The van der Waals surface area contributed by atoms with Gasteiger partial charge >= 0.3 is 0 Å². The van der Waals surface area contributed by atoms with E-state index in [1.807, 2.05) is 13.8 Å². The molecule has 52 valence electrons. The van der Waals surface area contributed by atoms with Gasteiger partial charge in [-0.1, -0.05) is 13.8 Å². The van der Waals surface area contributed by atoms with Crippen LogP contribution in [0.4, 0.5) is 0 Å². The SMILES string of the molecule is CC1(C)C[C@]1(N)C(N)=O. The molecule has 9 heavy (non-hydrogen) atoms. The molecule has 1 aliphatic carbocycles. The van der Waals surface area contributed by atoms with Gasteiger partial charge in [0, 0.05) is 0 Å². The zero-order valence-electron chi connectivity index (χ0n) is 5.77. The molecule has 0 unspecified atom stereocenters. The summed E-state index contributed by atoms with van der Waals surface area (Å²) in [6.45, 7) is 3.88. The number of carbonyl (C=O) groups excluding carboxylic acids is 1. The third kappa shape index (κ3) is 0.645. The van der Waals surface area contributed by atoms with Crippen molar-refractivity contribution in [2.45, 2.75) is 25.8 Å². The molecule has 0 aromatic rings. The summed E-state index contributed by atoms with van der Waals surface area (Å²) in [5, 5.41) is 0. The molecule has 1 saturated carbocycles. The lowest BCUT2D eigenvalue weighted by Gasteiger charge is -2.08. The van der Waals surface area contributed by atoms with Crippen LogP contribution in [0.2, 0.25) is 0 Å². The fourth-order valence-electron chi connectivity index (χ4n) is 1.07. The molecule has 0 radical (unpaired) electrons. The van der Waals surface area contributed by atoms with E-state index in [4.69, 9.17) is 11.5 Å². The van der Waals surface area contributed by atoms with Gasteiger partial charge in [0.25, 0.3) is 0 Å². The molecule has 0 spiro atoms. The summed E-state index contributed by atoms with van der Waals surface area (Å²) in [7, 11) is 0. The first-order valence-corrected chi connectivity index (χ1v) is 2.99. The zero-order valence-corrected chi connectivity index (χ0v) is 5.77. The molecule has 0 aromatic heterocycles. The second-order valence-corrected chi connectivity index (χ2v) is 3.40. The molecule has 0 aliphatic heterocycles. The van der Waals surface area contributed by atoms with Crippen molar-refractivity contribution < 1.29 is 4.79 Å². The van der Waals surface area contributed by atoms with Crippen LogP contribution in [-0.2, 0) is 4.79 Å². The van der Waals surface area contributed by atoms with Crippen molar-refractivity contribution >= 4 is 5.91 Å². The summed E-state index contributed by atoms with van der Waals surface area (Å²) in [6, 6.07) is 0. The van der Waals surface area contributed by atoms with Crippen LogP contribution in [0.15, 0.2) is 0 Å². The van der Waals surface area contributed by atoms with Gasteiger partial charge in [-0.2, -0.15) is 0 Å². The average molecular weight is 128 g/mol. The molecular weight excluding hydrogens is 116 g/mol. The minimum Gasteiger partial charge on any atom is -0.368 e. The number of carbonyl (C=O) groups is 1. The molecule has 1 aliphatic rings. The van der Waals surface area contributed by atoms with Crippen LogP contribution in [-0.4, -0.2) is 11.4 Å². The summed E-state index contributed by atoms with van der Waals surface area (Å²) < 4.78 is 0. The highest BCUT2D eigenvalue weighted by molar-refractivity contribution is 5.89. The Morgan fingerprint density at radius 3 is 1.89 bits per heavy atom. The van der Waals surface area contributed by atoms with E-state index in [0.717, 1.165) is 6.42 Å². The van der Waals surface area contributed by atoms with Crippen LogP contribution in [0.1, 0.15) is 20.3 Å².